The number of aromatic nitrogens is 4. The van der Waals surface area contributed by atoms with E-state index in [-0.39, 0.29) is 12.2 Å². The van der Waals surface area contributed by atoms with Crippen molar-refractivity contribution in [2.75, 3.05) is 11.9 Å². The van der Waals surface area contributed by atoms with E-state index in [0.717, 1.165) is 22.4 Å². The summed E-state index contributed by atoms with van der Waals surface area (Å²) in [5.41, 5.74) is 4.35. The Bertz CT molecular complexity index is 949. The van der Waals surface area contributed by atoms with Crippen LogP contribution < -0.4 is 5.32 Å². The maximum atomic E-state index is 12.3. The molecule has 2 heterocycles. The van der Waals surface area contributed by atoms with Crippen molar-refractivity contribution in [2.45, 2.75) is 27.7 Å². The van der Waals surface area contributed by atoms with Gasteiger partial charge in [-0.05, 0) is 44.9 Å². The van der Waals surface area contributed by atoms with Gasteiger partial charge in [0.05, 0.1) is 12.8 Å². The van der Waals surface area contributed by atoms with Gasteiger partial charge in [0, 0.05) is 18.1 Å². The number of nitrogens with one attached hydrogen (secondary N) is 1. The zero-order valence-corrected chi connectivity index (χ0v) is 15.3. The molecule has 1 N–H and O–H groups in total. The zero-order valence-electron chi connectivity index (χ0n) is 15.3. The summed E-state index contributed by atoms with van der Waals surface area (Å²) < 4.78 is 6.69. The molecule has 0 aliphatic carbocycles. The number of aryl methyl sites for hydroxylation is 3. The smallest absolute Gasteiger partial charge is 0.343 e. The third-order valence-corrected chi connectivity index (χ3v) is 3.82. The van der Waals surface area contributed by atoms with E-state index in [1.54, 1.807) is 17.8 Å². The van der Waals surface area contributed by atoms with Gasteiger partial charge in [0.2, 0.25) is 0 Å². The molecule has 2 aromatic heterocycles. The van der Waals surface area contributed by atoms with Crippen LogP contribution in [0.3, 0.4) is 0 Å². The quantitative estimate of drug-likeness (QED) is 0.709. The standard InChI is InChI=1S/C19H21N5O2/c1-5-26-18(25)15-10-20-19(24-11-13(3)9-21-24)23-17(15)22-16-7-6-12(2)8-14(16)4/h6-11H,5H2,1-4H3,(H,20,22,23). The van der Waals surface area contributed by atoms with Crippen molar-refractivity contribution in [3.05, 3.63) is 59.0 Å². The number of hydrogen-bond acceptors (Lipinski definition) is 6. The van der Waals surface area contributed by atoms with E-state index in [1.165, 1.54) is 6.20 Å². The van der Waals surface area contributed by atoms with E-state index >= 15 is 0 Å². The van der Waals surface area contributed by atoms with E-state index in [2.05, 4.69) is 26.4 Å². The van der Waals surface area contributed by atoms with Gasteiger partial charge < -0.3 is 10.1 Å². The van der Waals surface area contributed by atoms with Crippen molar-refractivity contribution in [1.29, 1.82) is 0 Å². The second-order valence-electron chi connectivity index (χ2n) is 6.06. The number of esters is 1. The van der Waals surface area contributed by atoms with Crippen LogP contribution in [-0.2, 0) is 4.74 Å². The molecule has 134 valence electrons. The minimum absolute atomic E-state index is 0.277. The molecule has 3 aromatic rings. The van der Waals surface area contributed by atoms with Crippen LogP contribution in [0, 0.1) is 20.8 Å². The van der Waals surface area contributed by atoms with E-state index in [9.17, 15) is 4.79 Å². The molecule has 0 atom stereocenters. The lowest BCUT2D eigenvalue weighted by molar-refractivity contribution is 0.0526. The molecular formula is C19H21N5O2. The van der Waals surface area contributed by atoms with E-state index in [4.69, 9.17) is 4.74 Å². The normalized spacial score (nSPS) is 10.6. The number of hydrogen-bond donors (Lipinski definition) is 1. The summed E-state index contributed by atoms with van der Waals surface area (Å²) in [6.07, 6.45) is 5.00. The number of carbonyl (C=O) groups is 1. The summed E-state index contributed by atoms with van der Waals surface area (Å²) in [6.45, 7) is 8.01. The van der Waals surface area contributed by atoms with Crippen LogP contribution in [0.2, 0.25) is 0 Å². The van der Waals surface area contributed by atoms with Gasteiger partial charge in [-0.1, -0.05) is 17.7 Å². The molecule has 0 spiro atoms. The fourth-order valence-electron chi connectivity index (χ4n) is 2.54. The van der Waals surface area contributed by atoms with Crippen molar-refractivity contribution < 1.29 is 9.53 Å². The first kappa shape index (κ1) is 17.6. The molecule has 0 unspecified atom stereocenters. The predicted octanol–water partition coefficient (Wildman–Crippen LogP) is 3.51. The van der Waals surface area contributed by atoms with Gasteiger partial charge in [0.25, 0.3) is 5.95 Å². The lowest BCUT2D eigenvalue weighted by Gasteiger charge is -2.13. The Morgan fingerprint density at radius 2 is 2.00 bits per heavy atom. The molecule has 3 rings (SSSR count). The molecule has 26 heavy (non-hydrogen) atoms. The number of nitrogens with zero attached hydrogens (tertiary/aromatic N) is 4. The van der Waals surface area contributed by atoms with Crippen molar-refractivity contribution in [1.82, 2.24) is 19.7 Å². The summed E-state index contributed by atoms with van der Waals surface area (Å²) in [5, 5.41) is 7.45. The third-order valence-electron chi connectivity index (χ3n) is 3.82. The number of rotatable bonds is 5. The average Bonchev–Trinajstić information content (AvgIpc) is 3.04. The summed E-state index contributed by atoms with van der Waals surface area (Å²) in [6, 6.07) is 6.02. The molecule has 7 heteroatoms. The van der Waals surface area contributed by atoms with Gasteiger partial charge in [0.15, 0.2) is 5.82 Å². The molecule has 0 saturated carbocycles. The van der Waals surface area contributed by atoms with E-state index < -0.39 is 5.97 Å². The van der Waals surface area contributed by atoms with Crippen molar-refractivity contribution in [3.63, 3.8) is 0 Å². The third kappa shape index (κ3) is 3.72. The number of benzene rings is 1. The average molecular weight is 351 g/mol. The molecule has 1 aromatic carbocycles. The highest BCUT2D eigenvalue weighted by atomic mass is 16.5. The van der Waals surface area contributed by atoms with Gasteiger partial charge in [-0.25, -0.2) is 14.5 Å². The highest BCUT2D eigenvalue weighted by molar-refractivity contribution is 5.95. The maximum absolute atomic E-state index is 12.3. The number of carbonyl (C=O) groups excluding carboxylic acids is 1. The Morgan fingerprint density at radius 1 is 1.19 bits per heavy atom. The minimum atomic E-state index is -0.469. The molecule has 7 nitrogen and oxygen atoms in total. The first-order chi connectivity index (χ1) is 12.5. The molecule has 0 fully saturated rings. The summed E-state index contributed by atoms with van der Waals surface area (Å²) in [5.74, 6) is 0.287. The van der Waals surface area contributed by atoms with E-state index in [1.807, 2.05) is 39.1 Å². The number of anilines is 2. The predicted molar refractivity (Wildman–Crippen MR) is 99.0 cm³/mol. The second kappa shape index (κ2) is 7.35. The van der Waals surface area contributed by atoms with Gasteiger partial charge in [-0.15, -0.1) is 0 Å². The van der Waals surface area contributed by atoms with Crippen LogP contribution in [0.25, 0.3) is 5.95 Å². The first-order valence-electron chi connectivity index (χ1n) is 8.38. The monoisotopic (exact) mass is 351 g/mol. The van der Waals surface area contributed by atoms with Crippen LogP contribution in [0.4, 0.5) is 11.5 Å². The van der Waals surface area contributed by atoms with Crippen molar-refractivity contribution >= 4 is 17.5 Å². The van der Waals surface area contributed by atoms with Gasteiger partial charge in [-0.3, -0.25) is 0 Å². The van der Waals surface area contributed by atoms with Gasteiger partial charge in [-0.2, -0.15) is 10.1 Å². The topological polar surface area (TPSA) is 81.9 Å². The Morgan fingerprint density at radius 3 is 2.65 bits per heavy atom. The highest BCUT2D eigenvalue weighted by Gasteiger charge is 2.17. The Hall–Kier alpha value is -3.22. The summed E-state index contributed by atoms with van der Waals surface area (Å²) >= 11 is 0. The molecule has 0 bridgehead atoms. The van der Waals surface area contributed by atoms with E-state index in [0.29, 0.717) is 11.8 Å². The van der Waals surface area contributed by atoms with Crippen molar-refractivity contribution in [3.8, 4) is 5.95 Å². The largest absolute Gasteiger partial charge is 0.462 e. The Balaban J connectivity index is 2.04. The van der Waals surface area contributed by atoms with Gasteiger partial charge >= 0.3 is 5.97 Å². The SMILES string of the molecule is CCOC(=O)c1cnc(-n2cc(C)cn2)nc1Nc1ccc(C)cc1C. The first-order valence-corrected chi connectivity index (χ1v) is 8.38. The van der Waals surface area contributed by atoms with Crippen LogP contribution in [0.1, 0.15) is 34.0 Å². The Labute approximate surface area is 152 Å². The molecule has 0 amide bonds. The molecule has 0 aliphatic heterocycles. The van der Waals surface area contributed by atoms with Crippen LogP contribution in [-0.4, -0.2) is 32.3 Å². The summed E-state index contributed by atoms with van der Waals surface area (Å²) in [7, 11) is 0. The molecule has 0 saturated heterocycles. The maximum Gasteiger partial charge on any atom is 0.343 e. The zero-order chi connectivity index (χ0) is 18.7. The summed E-state index contributed by atoms with van der Waals surface area (Å²) in [4.78, 5) is 21.0. The second-order valence-corrected chi connectivity index (χ2v) is 6.06. The van der Waals surface area contributed by atoms with Gasteiger partial charge in [0.1, 0.15) is 5.56 Å². The molecule has 0 aliphatic rings. The minimum Gasteiger partial charge on any atom is -0.462 e. The highest BCUT2D eigenvalue weighted by Crippen LogP contribution is 2.24. The lowest BCUT2D eigenvalue weighted by atomic mass is 10.1. The molecule has 0 radical (unpaired) electrons. The fourth-order valence-corrected chi connectivity index (χ4v) is 2.54. The van der Waals surface area contributed by atoms with Crippen LogP contribution in [0.15, 0.2) is 36.8 Å². The van der Waals surface area contributed by atoms with Crippen molar-refractivity contribution in [2.24, 2.45) is 0 Å². The van der Waals surface area contributed by atoms with Crippen LogP contribution >= 0.6 is 0 Å². The number of ether oxygens (including phenoxy) is 1. The Kier molecular flexibility index (Phi) is 4.97. The fraction of sp³-hybridized carbons (Fsp3) is 0.263. The molecular weight excluding hydrogens is 330 g/mol. The van der Waals surface area contributed by atoms with Crippen LogP contribution in [0.5, 0.6) is 0 Å². The lowest BCUT2D eigenvalue weighted by Crippen LogP contribution is -2.13.